The average Bonchev–Trinajstić information content (AvgIpc) is 2.27. The molecular formula is C8H17N7. The number of hydrogen-bond acceptors (Lipinski definition) is 7. The van der Waals surface area contributed by atoms with E-state index in [0.717, 1.165) is 13.0 Å². The highest BCUT2D eigenvalue weighted by atomic mass is 15.2. The fourth-order valence-electron chi connectivity index (χ4n) is 0.953. The van der Waals surface area contributed by atoms with E-state index in [1.54, 1.807) is 0 Å². The van der Waals surface area contributed by atoms with Crippen LogP contribution < -0.4 is 22.1 Å². The van der Waals surface area contributed by atoms with Gasteiger partial charge in [0.2, 0.25) is 11.9 Å². The van der Waals surface area contributed by atoms with Crippen LogP contribution >= 0.6 is 0 Å². The fraction of sp³-hybridized carbons (Fsp3) is 0.625. The largest absolute Gasteiger partial charge is 0.354 e. The molecule has 0 spiro atoms. The molecule has 1 aromatic heterocycles. The molecule has 7 nitrogen and oxygen atoms in total. The van der Waals surface area contributed by atoms with Crippen molar-refractivity contribution in [1.29, 1.82) is 0 Å². The van der Waals surface area contributed by atoms with E-state index in [9.17, 15) is 0 Å². The zero-order valence-corrected chi connectivity index (χ0v) is 8.61. The van der Waals surface area contributed by atoms with Crippen LogP contribution in [0.4, 0.5) is 11.9 Å². The van der Waals surface area contributed by atoms with E-state index in [-0.39, 0.29) is 0 Å². The third-order valence-corrected chi connectivity index (χ3v) is 1.66. The van der Waals surface area contributed by atoms with Crippen molar-refractivity contribution < 1.29 is 0 Å². The second kappa shape index (κ2) is 6.91. The van der Waals surface area contributed by atoms with Gasteiger partial charge >= 0.3 is 0 Å². The highest BCUT2D eigenvalue weighted by Gasteiger charge is 1.98. The first-order valence-electron chi connectivity index (χ1n) is 4.93. The summed E-state index contributed by atoms with van der Waals surface area (Å²) in [5.74, 6) is 1.09. The van der Waals surface area contributed by atoms with Crippen molar-refractivity contribution in [1.82, 2.24) is 15.0 Å². The summed E-state index contributed by atoms with van der Waals surface area (Å²) in [6, 6.07) is 0. The molecule has 0 aromatic carbocycles. The van der Waals surface area contributed by atoms with Crippen molar-refractivity contribution in [2.45, 2.75) is 6.42 Å². The first-order chi connectivity index (χ1) is 7.36. The summed E-state index contributed by atoms with van der Waals surface area (Å²) < 4.78 is 0. The first-order valence-corrected chi connectivity index (χ1v) is 4.93. The van der Waals surface area contributed by atoms with Gasteiger partial charge in [-0.1, -0.05) is 0 Å². The molecule has 0 atom stereocenters. The number of nitrogens with one attached hydrogen (secondary N) is 2. The Balaban J connectivity index is 2.42. The minimum absolute atomic E-state index is 0.533. The summed E-state index contributed by atoms with van der Waals surface area (Å²) in [7, 11) is 0. The van der Waals surface area contributed by atoms with Crippen LogP contribution in [0, 0.1) is 0 Å². The Hall–Kier alpha value is -1.47. The third kappa shape index (κ3) is 4.52. The second-order valence-electron chi connectivity index (χ2n) is 2.92. The third-order valence-electron chi connectivity index (χ3n) is 1.66. The Morgan fingerprint density at radius 3 is 2.27 bits per heavy atom. The van der Waals surface area contributed by atoms with Crippen LogP contribution in [0.5, 0.6) is 0 Å². The van der Waals surface area contributed by atoms with Crippen LogP contribution in [0.2, 0.25) is 0 Å². The molecule has 1 heterocycles. The Labute approximate surface area is 88.7 Å². The van der Waals surface area contributed by atoms with E-state index in [2.05, 4.69) is 25.6 Å². The van der Waals surface area contributed by atoms with Gasteiger partial charge in [-0.05, 0) is 13.0 Å². The maximum absolute atomic E-state index is 5.37. The Kier molecular flexibility index (Phi) is 5.34. The lowest BCUT2D eigenvalue weighted by Crippen LogP contribution is -2.16. The zero-order chi connectivity index (χ0) is 10.9. The minimum Gasteiger partial charge on any atom is -0.354 e. The molecule has 0 fully saturated rings. The first kappa shape index (κ1) is 11.6. The average molecular weight is 211 g/mol. The summed E-state index contributed by atoms with van der Waals surface area (Å²) >= 11 is 0. The molecule has 84 valence electrons. The smallest absolute Gasteiger partial charge is 0.227 e. The molecule has 6 N–H and O–H groups in total. The molecule has 0 aliphatic carbocycles. The van der Waals surface area contributed by atoms with Crippen LogP contribution in [-0.4, -0.2) is 41.1 Å². The van der Waals surface area contributed by atoms with Crippen LogP contribution in [-0.2, 0) is 0 Å². The predicted molar refractivity (Wildman–Crippen MR) is 59.5 cm³/mol. The van der Waals surface area contributed by atoms with Gasteiger partial charge in [0.25, 0.3) is 0 Å². The van der Waals surface area contributed by atoms with Crippen LogP contribution in [0.15, 0.2) is 6.33 Å². The van der Waals surface area contributed by atoms with Gasteiger partial charge in [0.1, 0.15) is 6.33 Å². The van der Waals surface area contributed by atoms with E-state index in [0.29, 0.717) is 31.5 Å². The van der Waals surface area contributed by atoms with Gasteiger partial charge in [-0.2, -0.15) is 4.98 Å². The molecule has 0 amide bonds. The predicted octanol–water partition coefficient (Wildman–Crippen LogP) is -0.997. The van der Waals surface area contributed by atoms with Gasteiger partial charge in [0, 0.05) is 19.6 Å². The van der Waals surface area contributed by atoms with Crippen LogP contribution in [0.1, 0.15) is 6.42 Å². The van der Waals surface area contributed by atoms with E-state index >= 15 is 0 Å². The van der Waals surface area contributed by atoms with Gasteiger partial charge in [-0.15, -0.1) is 0 Å². The monoisotopic (exact) mass is 211 g/mol. The van der Waals surface area contributed by atoms with E-state index < -0.39 is 0 Å². The molecule has 1 rings (SSSR count). The maximum atomic E-state index is 5.37. The molecule has 7 heteroatoms. The number of aromatic nitrogens is 3. The fourth-order valence-corrected chi connectivity index (χ4v) is 0.953. The quantitative estimate of drug-likeness (QED) is 0.428. The molecule has 0 radical (unpaired) electrons. The van der Waals surface area contributed by atoms with Crippen molar-refractivity contribution in [3.8, 4) is 0 Å². The Morgan fingerprint density at radius 2 is 1.67 bits per heavy atom. The molecule has 0 saturated carbocycles. The van der Waals surface area contributed by atoms with Crippen molar-refractivity contribution in [3.05, 3.63) is 6.33 Å². The second-order valence-corrected chi connectivity index (χ2v) is 2.92. The Morgan fingerprint density at radius 1 is 1.00 bits per heavy atom. The highest BCUT2D eigenvalue weighted by Crippen LogP contribution is 2.00. The summed E-state index contributed by atoms with van der Waals surface area (Å²) in [6.45, 7) is 2.60. The number of rotatable bonds is 7. The lowest BCUT2D eigenvalue weighted by atomic mass is 10.4. The molecule has 0 unspecified atom stereocenters. The Bertz CT molecular complexity index is 277. The lowest BCUT2D eigenvalue weighted by Gasteiger charge is -2.05. The highest BCUT2D eigenvalue weighted by molar-refractivity contribution is 5.32. The zero-order valence-electron chi connectivity index (χ0n) is 8.61. The SMILES string of the molecule is NCCCNc1ncnc(NCCN)n1. The molecule has 1 aromatic rings. The molecular weight excluding hydrogens is 194 g/mol. The lowest BCUT2D eigenvalue weighted by molar-refractivity contribution is 0.859. The molecule has 0 bridgehead atoms. The summed E-state index contributed by atoms with van der Waals surface area (Å²) in [6.07, 6.45) is 2.34. The van der Waals surface area contributed by atoms with Gasteiger partial charge in [0.05, 0.1) is 0 Å². The standard InChI is InChI=1S/C8H17N7/c9-2-1-4-11-7-13-6-14-8(15-7)12-5-3-10/h6H,1-5,9-10H2,(H2,11,12,13,14,15). The van der Waals surface area contributed by atoms with Gasteiger partial charge in [0.15, 0.2) is 0 Å². The topological polar surface area (TPSA) is 115 Å². The van der Waals surface area contributed by atoms with Crippen LogP contribution in [0.3, 0.4) is 0 Å². The minimum atomic E-state index is 0.533. The normalized spacial score (nSPS) is 10.0. The van der Waals surface area contributed by atoms with Crippen LogP contribution in [0.25, 0.3) is 0 Å². The number of hydrogen-bond donors (Lipinski definition) is 4. The van der Waals surface area contributed by atoms with Crippen molar-refractivity contribution in [2.24, 2.45) is 11.5 Å². The van der Waals surface area contributed by atoms with E-state index in [4.69, 9.17) is 11.5 Å². The number of nitrogens with two attached hydrogens (primary N) is 2. The number of anilines is 2. The number of nitrogens with zero attached hydrogens (tertiary/aromatic N) is 3. The van der Waals surface area contributed by atoms with E-state index in [1.807, 2.05) is 0 Å². The molecule has 0 aliphatic rings. The molecule has 0 saturated heterocycles. The summed E-state index contributed by atoms with van der Waals surface area (Å²) in [5.41, 5.74) is 10.7. The molecule has 0 aliphatic heterocycles. The van der Waals surface area contributed by atoms with Crippen molar-refractivity contribution >= 4 is 11.9 Å². The maximum Gasteiger partial charge on any atom is 0.227 e. The summed E-state index contributed by atoms with van der Waals surface area (Å²) in [5, 5.41) is 6.02. The van der Waals surface area contributed by atoms with E-state index in [1.165, 1.54) is 6.33 Å². The van der Waals surface area contributed by atoms with Crippen molar-refractivity contribution in [2.75, 3.05) is 36.8 Å². The van der Waals surface area contributed by atoms with Gasteiger partial charge in [-0.3, -0.25) is 0 Å². The molecule has 15 heavy (non-hydrogen) atoms. The van der Waals surface area contributed by atoms with Gasteiger partial charge in [-0.25, -0.2) is 9.97 Å². The van der Waals surface area contributed by atoms with Gasteiger partial charge < -0.3 is 22.1 Å². The van der Waals surface area contributed by atoms with Crippen molar-refractivity contribution in [3.63, 3.8) is 0 Å². The summed E-state index contributed by atoms with van der Waals surface area (Å²) in [4.78, 5) is 12.1.